The van der Waals surface area contributed by atoms with Gasteiger partial charge >= 0.3 is 5.97 Å². The molecular weight excluding hydrogens is 479 g/mol. The van der Waals surface area contributed by atoms with Crippen LogP contribution in [0.25, 0.3) is 16.9 Å². The van der Waals surface area contributed by atoms with Crippen molar-refractivity contribution in [1.82, 2.24) is 20.2 Å². The van der Waals surface area contributed by atoms with Crippen LogP contribution in [0.15, 0.2) is 42.5 Å². The lowest BCUT2D eigenvalue weighted by Crippen LogP contribution is -2.45. The maximum absolute atomic E-state index is 13.2. The van der Waals surface area contributed by atoms with E-state index in [1.165, 1.54) is 0 Å². The quantitative estimate of drug-likeness (QED) is 0.483. The van der Waals surface area contributed by atoms with E-state index < -0.39 is 12.6 Å². The van der Waals surface area contributed by atoms with E-state index in [-0.39, 0.29) is 11.6 Å². The molecule has 2 N–H and O–H groups in total. The third-order valence-corrected chi connectivity index (χ3v) is 6.12. The monoisotopic (exact) mass is 502 g/mol. The molecule has 0 spiro atoms. The summed E-state index contributed by atoms with van der Waals surface area (Å²) in [6.07, 6.45) is 3.19. The van der Waals surface area contributed by atoms with Gasteiger partial charge in [-0.15, -0.1) is 0 Å². The average Bonchev–Trinajstić information content (AvgIpc) is 3.15. The van der Waals surface area contributed by atoms with Crippen LogP contribution in [0.3, 0.4) is 0 Å². The topological polar surface area (TPSA) is 96.7 Å². The summed E-state index contributed by atoms with van der Waals surface area (Å²) in [6, 6.07) is 12.0. The van der Waals surface area contributed by atoms with Gasteiger partial charge in [-0.25, -0.2) is 14.5 Å². The van der Waals surface area contributed by atoms with Gasteiger partial charge in [0.2, 0.25) is 0 Å². The second kappa shape index (κ2) is 10.5. The highest BCUT2D eigenvalue weighted by atomic mass is 35.5. The Hall–Kier alpha value is -3.07. The van der Waals surface area contributed by atoms with Crippen LogP contribution in [0.5, 0.6) is 5.75 Å². The molecule has 10 heteroatoms. The highest BCUT2D eigenvalue weighted by molar-refractivity contribution is 6.35. The normalized spacial score (nSPS) is 14.1. The standard InChI is InChI=1S/C24H24Cl2N4O4/c1-15-22(24(33)28-29-11-5-2-6-12-29)27-30(19-10-9-16(25)13-18(19)26)23(15)17-7-3-4-8-20(17)34-14-21(31)32/h3-4,7-10,13H,2,5-6,11-12,14H2,1H3,(H,28,33)(H,31,32). The van der Waals surface area contributed by atoms with Gasteiger partial charge in [0.05, 0.1) is 16.4 Å². The lowest BCUT2D eigenvalue weighted by molar-refractivity contribution is -0.139. The predicted molar refractivity (Wildman–Crippen MR) is 130 cm³/mol. The number of carbonyl (C=O) groups excluding carboxylic acids is 1. The van der Waals surface area contributed by atoms with Crippen LogP contribution in [0.2, 0.25) is 10.0 Å². The molecular formula is C24H24Cl2N4O4. The Kier molecular flexibility index (Phi) is 7.41. The average molecular weight is 503 g/mol. The first-order valence-corrected chi connectivity index (χ1v) is 11.7. The fraction of sp³-hybridized carbons (Fsp3) is 0.292. The second-order valence-corrected chi connectivity index (χ2v) is 8.84. The van der Waals surface area contributed by atoms with Crippen molar-refractivity contribution in [3.05, 3.63) is 63.8 Å². The van der Waals surface area contributed by atoms with Crippen molar-refractivity contribution in [2.24, 2.45) is 0 Å². The number of hydrazine groups is 1. The molecule has 0 saturated carbocycles. The molecule has 178 valence electrons. The van der Waals surface area contributed by atoms with Crippen LogP contribution in [0.1, 0.15) is 35.3 Å². The van der Waals surface area contributed by atoms with Crippen molar-refractivity contribution in [3.8, 4) is 22.7 Å². The van der Waals surface area contributed by atoms with E-state index in [4.69, 9.17) is 33.0 Å². The molecule has 0 radical (unpaired) electrons. The van der Waals surface area contributed by atoms with Crippen molar-refractivity contribution in [2.75, 3.05) is 19.7 Å². The van der Waals surface area contributed by atoms with Gasteiger partial charge in [-0.2, -0.15) is 5.10 Å². The molecule has 1 saturated heterocycles. The highest BCUT2D eigenvalue weighted by Crippen LogP contribution is 2.37. The number of carboxylic acids is 1. The largest absolute Gasteiger partial charge is 0.481 e. The molecule has 0 aliphatic carbocycles. The number of rotatable bonds is 7. The van der Waals surface area contributed by atoms with E-state index in [1.807, 2.05) is 5.01 Å². The van der Waals surface area contributed by atoms with Gasteiger partial charge in [0.1, 0.15) is 5.75 Å². The first-order chi connectivity index (χ1) is 16.3. The van der Waals surface area contributed by atoms with Crippen molar-refractivity contribution in [1.29, 1.82) is 0 Å². The number of nitrogens with zero attached hydrogens (tertiary/aromatic N) is 3. The lowest BCUT2D eigenvalue weighted by Gasteiger charge is -2.26. The Morgan fingerprint density at radius 1 is 1.12 bits per heavy atom. The summed E-state index contributed by atoms with van der Waals surface area (Å²) in [5.74, 6) is -1.07. The number of nitrogens with one attached hydrogen (secondary N) is 1. The van der Waals surface area contributed by atoms with E-state index in [2.05, 4.69) is 10.5 Å². The summed E-state index contributed by atoms with van der Waals surface area (Å²) >= 11 is 12.6. The molecule has 1 fully saturated rings. The Morgan fingerprint density at radius 3 is 2.56 bits per heavy atom. The Labute approximate surface area is 207 Å². The molecule has 1 aliphatic heterocycles. The van der Waals surface area contributed by atoms with Crippen LogP contribution in [-0.4, -0.2) is 51.5 Å². The minimum Gasteiger partial charge on any atom is -0.481 e. The fourth-order valence-corrected chi connectivity index (χ4v) is 4.47. The first-order valence-electron chi connectivity index (χ1n) is 10.9. The fourth-order valence-electron chi connectivity index (χ4n) is 3.99. The summed E-state index contributed by atoms with van der Waals surface area (Å²) in [5, 5.41) is 16.4. The number of halogens is 2. The Bertz CT molecular complexity index is 1220. The number of piperidine rings is 1. The summed E-state index contributed by atoms with van der Waals surface area (Å²) in [7, 11) is 0. The Balaban J connectivity index is 1.83. The number of hydrogen-bond acceptors (Lipinski definition) is 5. The zero-order valence-corrected chi connectivity index (χ0v) is 20.1. The summed E-state index contributed by atoms with van der Waals surface area (Å²) in [6.45, 7) is 2.86. The molecule has 3 aromatic rings. The maximum Gasteiger partial charge on any atom is 0.341 e. The van der Waals surface area contributed by atoms with Crippen LogP contribution in [0, 0.1) is 6.92 Å². The molecule has 1 aliphatic rings. The number of aromatic nitrogens is 2. The lowest BCUT2D eigenvalue weighted by atomic mass is 10.0. The van der Waals surface area contributed by atoms with E-state index >= 15 is 0 Å². The molecule has 4 rings (SSSR count). The number of hydrogen-bond donors (Lipinski definition) is 2. The molecule has 0 unspecified atom stereocenters. The van der Waals surface area contributed by atoms with Gasteiger partial charge in [0.15, 0.2) is 12.3 Å². The number of aliphatic carboxylic acids is 1. The SMILES string of the molecule is Cc1c(C(=O)NN2CCCCC2)nn(-c2ccc(Cl)cc2Cl)c1-c1ccccc1OCC(=O)O. The van der Waals surface area contributed by atoms with Gasteiger partial charge in [-0.1, -0.05) is 41.8 Å². The minimum atomic E-state index is -1.10. The van der Waals surface area contributed by atoms with Crippen LogP contribution in [0.4, 0.5) is 0 Å². The van der Waals surface area contributed by atoms with E-state index in [0.717, 1.165) is 32.4 Å². The van der Waals surface area contributed by atoms with Crippen molar-refractivity contribution >= 4 is 35.1 Å². The highest BCUT2D eigenvalue weighted by Gasteiger charge is 2.26. The van der Waals surface area contributed by atoms with Gasteiger partial charge in [-0.3, -0.25) is 10.2 Å². The number of para-hydroxylation sites is 1. The zero-order valence-electron chi connectivity index (χ0n) is 18.6. The van der Waals surface area contributed by atoms with Gasteiger partial charge in [0.25, 0.3) is 5.91 Å². The molecule has 2 heterocycles. The van der Waals surface area contributed by atoms with E-state index in [9.17, 15) is 9.59 Å². The zero-order chi connectivity index (χ0) is 24.2. The Morgan fingerprint density at radius 2 is 1.85 bits per heavy atom. The van der Waals surface area contributed by atoms with Crippen molar-refractivity contribution in [2.45, 2.75) is 26.2 Å². The summed E-state index contributed by atoms with van der Waals surface area (Å²) < 4.78 is 7.11. The van der Waals surface area contributed by atoms with E-state index in [1.54, 1.807) is 54.1 Å². The summed E-state index contributed by atoms with van der Waals surface area (Å²) in [4.78, 5) is 24.3. The molecule has 1 aromatic heterocycles. The number of carboxylic acid groups (broad SMARTS) is 1. The molecule has 2 aromatic carbocycles. The third-order valence-electron chi connectivity index (χ3n) is 5.58. The van der Waals surface area contributed by atoms with Gasteiger partial charge in [-0.05, 0) is 50.1 Å². The number of carbonyl (C=O) groups is 2. The molecule has 1 amide bonds. The van der Waals surface area contributed by atoms with Crippen LogP contribution in [-0.2, 0) is 4.79 Å². The van der Waals surface area contributed by atoms with Gasteiger partial charge in [0, 0.05) is 29.2 Å². The first kappa shape index (κ1) is 24.1. The molecule has 8 nitrogen and oxygen atoms in total. The molecule has 34 heavy (non-hydrogen) atoms. The third kappa shape index (κ3) is 5.19. The maximum atomic E-state index is 13.2. The number of benzene rings is 2. The van der Waals surface area contributed by atoms with Crippen LogP contribution < -0.4 is 10.2 Å². The van der Waals surface area contributed by atoms with Crippen molar-refractivity contribution in [3.63, 3.8) is 0 Å². The van der Waals surface area contributed by atoms with Crippen LogP contribution >= 0.6 is 23.2 Å². The molecule has 0 bridgehead atoms. The predicted octanol–water partition coefficient (Wildman–Crippen LogP) is 4.75. The summed E-state index contributed by atoms with van der Waals surface area (Å²) in [5.41, 5.74) is 5.46. The smallest absolute Gasteiger partial charge is 0.341 e. The molecule has 0 atom stereocenters. The number of ether oxygens (including phenoxy) is 1. The number of amides is 1. The minimum absolute atomic E-state index is 0.236. The van der Waals surface area contributed by atoms with Gasteiger partial charge < -0.3 is 9.84 Å². The van der Waals surface area contributed by atoms with Crippen molar-refractivity contribution < 1.29 is 19.4 Å². The van der Waals surface area contributed by atoms with E-state index in [0.29, 0.717) is 38.3 Å². The second-order valence-electron chi connectivity index (χ2n) is 8.00.